The molecule has 0 spiro atoms. The van der Waals surface area contributed by atoms with E-state index in [0.717, 1.165) is 10.0 Å². The fraction of sp³-hybridized carbons (Fsp3) is 0.250. The summed E-state index contributed by atoms with van der Waals surface area (Å²) in [4.78, 5) is 29.2. The smallest absolute Gasteiger partial charge is 0.261 e. The molecule has 0 aliphatic carbocycles. The Morgan fingerprint density at radius 3 is 2.69 bits per heavy atom. The summed E-state index contributed by atoms with van der Waals surface area (Å²) in [5, 5.41) is 3.43. The van der Waals surface area contributed by atoms with Gasteiger partial charge in [-0.1, -0.05) is 34.1 Å². The van der Waals surface area contributed by atoms with Crippen molar-refractivity contribution in [2.45, 2.75) is 33.4 Å². The van der Waals surface area contributed by atoms with Crippen LogP contribution in [0.4, 0.5) is 0 Å². The third kappa shape index (κ3) is 3.85. The third-order valence-electron chi connectivity index (χ3n) is 4.51. The molecule has 0 aliphatic heterocycles. The second kappa shape index (κ2) is 7.41. The average molecular weight is 414 g/mol. The van der Waals surface area contributed by atoms with Crippen LogP contribution in [0.5, 0.6) is 0 Å². The van der Waals surface area contributed by atoms with Gasteiger partial charge in [-0.2, -0.15) is 0 Å². The molecule has 134 valence electrons. The van der Waals surface area contributed by atoms with Gasteiger partial charge in [-0.3, -0.25) is 14.2 Å². The van der Waals surface area contributed by atoms with Crippen molar-refractivity contribution in [1.82, 2.24) is 14.9 Å². The SMILES string of the molecule is Cc1ccc(C(C)NC(=O)Cn2cnc3ccc(Br)cc3c2=O)cc1C. The van der Waals surface area contributed by atoms with Gasteiger partial charge in [0.25, 0.3) is 5.56 Å². The van der Waals surface area contributed by atoms with Gasteiger partial charge >= 0.3 is 0 Å². The number of hydrogen-bond acceptors (Lipinski definition) is 3. The second-order valence-electron chi connectivity index (χ2n) is 6.47. The first-order chi connectivity index (χ1) is 12.3. The molecule has 0 fully saturated rings. The lowest BCUT2D eigenvalue weighted by molar-refractivity contribution is -0.122. The number of benzene rings is 2. The highest BCUT2D eigenvalue weighted by Crippen LogP contribution is 2.17. The van der Waals surface area contributed by atoms with Gasteiger partial charge in [-0.25, -0.2) is 4.98 Å². The molecule has 0 radical (unpaired) electrons. The quantitative estimate of drug-likeness (QED) is 0.709. The molecule has 1 heterocycles. The molecule has 2 aromatic carbocycles. The molecule has 26 heavy (non-hydrogen) atoms. The van der Waals surface area contributed by atoms with Crippen LogP contribution in [0.25, 0.3) is 10.9 Å². The normalized spacial score (nSPS) is 12.2. The summed E-state index contributed by atoms with van der Waals surface area (Å²) in [6, 6.07) is 11.3. The summed E-state index contributed by atoms with van der Waals surface area (Å²) in [6.07, 6.45) is 1.42. The topological polar surface area (TPSA) is 64.0 Å². The van der Waals surface area contributed by atoms with E-state index in [4.69, 9.17) is 0 Å². The highest BCUT2D eigenvalue weighted by atomic mass is 79.9. The summed E-state index contributed by atoms with van der Waals surface area (Å²) < 4.78 is 2.13. The van der Waals surface area contributed by atoms with Crippen LogP contribution >= 0.6 is 15.9 Å². The summed E-state index contributed by atoms with van der Waals surface area (Å²) >= 11 is 3.36. The minimum absolute atomic E-state index is 0.0660. The van der Waals surface area contributed by atoms with Crippen LogP contribution in [0.2, 0.25) is 0 Å². The van der Waals surface area contributed by atoms with Crippen molar-refractivity contribution in [2.75, 3.05) is 0 Å². The zero-order valence-electron chi connectivity index (χ0n) is 14.9. The Morgan fingerprint density at radius 1 is 1.19 bits per heavy atom. The molecule has 3 rings (SSSR count). The van der Waals surface area contributed by atoms with Crippen molar-refractivity contribution in [1.29, 1.82) is 0 Å². The van der Waals surface area contributed by atoms with Gasteiger partial charge in [0.15, 0.2) is 0 Å². The molecule has 1 amide bonds. The lowest BCUT2D eigenvalue weighted by atomic mass is 10.0. The Kier molecular flexibility index (Phi) is 5.23. The van der Waals surface area contributed by atoms with Gasteiger partial charge < -0.3 is 5.32 Å². The number of nitrogens with one attached hydrogen (secondary N) is 1. The number of rotatable bonds is 4. The van der Waals surface area contributed by atoms with E-state index in [2.05, 4.69) is 39.2 Å². The molecule has 1 atom stereocenters. The first kappa shape index (κ1) is 18.3. The van der Waals surface area contributed by atoms with Crippen LogP contribution in [-0.2, 0) is 11.3 Å². The molecule has 5 nitrogen and oxygen atoms in total. The van der Waals surface area contributed by atoms with Gasteiger partial charge in [0.1, 0.15) is 6.54 Å². The third-order valence-corrected chi connectivity index (χ3v) is 5.00. The van der Waals surface area contributed by atoms with Crippen LogP contribution in [0.1, 0.15) is 29.7 Å². The highest BCUT2D eigenvalue weighted by Gasteiger charge is 2.13. The van der Waals surface area contributed by atoms with Crippen molar-refractivity contribution in [3.8, 4) is 0 Å². The average Bonchev–Trinajstić information content (AvgIpc) is 2.60. The van der Waals surface area contributed by atoms with E-state index in [1.165, 1.54) is 22.0 Å². The van der Waals surface area contributed by atoms with E-state index in [1.807, 2.05) is 32.0 Å². The van der Waals surface area contributed by atoms with Crippen LogP contribution in [0, 0.1) is 13.8 Å². The van der Waals surface area contributed by atoms with E-state index < -0.39 is 0 Å². The number of aryl methyl sites for hydroxylation is 2. The molecule has 0 saturated heterocycles. The second-order valence-corrected chi connectivity index (χ2v) is 7.39. The Labute approximate surface area is 160 Å². The maximum Gasteiger partial charge on any atom is 0.261 e. The minimum atomic E-state index is -0.231. The van der Waals surface area contributed by atoms with Gasteiger partial charge in [-0.05, 0) is 55.7 Å². The summed E-state index contributed by atoms with van der Waals surface area (Å²) in [7, 11) is 0. The van der Waals surface area contributed by atoms with E-state index in [0.29, 0.717) is 10.9 Å². The van der Waals surface area contributed by atoms with Crippen LogP contribution in [-0.4, -0.2) is 15.5 Å². The lowest BCUT2D eigenvalue weighted by Crippen LogP contribution is -2.34. The number of nitrogens with zero attached hydrogens (tertiary/aromatic N) is 2. The number of amides is 1. The molecular weight excluding hydrogens is 394 g/mol. The number of halogens is 1. The predicted octanol–water partition coefficient (Wildman–Crippen LogP) is 3.65. The monoisotopic (exact) mass is 413 g/mol. The largest absolute Gasteiger partial charge is 0.348 e. The van der Waals surface area contributed by atoms with Crippen LogP contribution in [0.15, 0.2) is 52.0 Å². The van der Waals surface area contributed by atoms with E-state index in [-0.39, 0.29) is 24.1 Å². The predicted molar refractivity (Wildman–Crippen MR) is 106 cm³/mol. The Bertz CT molecular complexity index is 1040. The van der Waals surface area contributed by atoms with Crippen LogP contribution in [0.3, 0.4) is 0 Å². The number of aromatic nitrogens is 2. The lowest BCUT2D eigenvalue weighted by Gasteiger charge is -2.16. The maximum atomic E-state index is 12.6. The first-order valence-corrected chi connectivity index (χ1v) is 9.15. The van der Waals surface area contributed by atoms with Crippen molar-refractivity contribution in [3.63, 3.8) is 0 Å². The molecule has 0 bridgehead atoms. The zero-order valence-corrected chi connectivity index (χ0v) is 16.5. The maximum absolute atomic E-state index is 12.6. The number of carbonyl (C=O) groups is 1. The number of hydrogen-bond donors (Lipinski definition) is 1. The van der Waals surface area contributed by atoms with Gasteiger partial charge in [-0.15, -0.1) is 0 Å². The number of fused-ring (bicyclic) bond motifs is 1. The van der Waals surface area contributed by atoms with Gasteiger partial charge in [0.2, 0.25) is 5.91 Å². The minimum Gasteiger partial charge on any atom is -0.348 e. The van der Waals surface area contributed by atoms with Crippen molar-refractivity contribution >= 4 is 32.7 Å². The molecule has 0 saturated carbocycles. The Hall–Kier alpha value is -2.47. The summed E-state index contributed by atoms with van der Waals surface area (Å²) in [5.74, 6) is -0.228. The van der Waals surface area contributed by atoms with E-state index in [9.17, 15) is 9.59 Å². The first-order valence-electron chi connectivity index (χ1n) is 8.36. The van der Waals surface area contributed by atoms with E-state index in [1.54, 1.807) is 12.1 Å². The Balaban J connectivity index is 1.77. The van der Waals surface area contributed by atoms with Gasteiger partial charge in [0.05, 0.1) is 23.3 Å². The molecule has 0 aliphatic rings. The molecule has 1 unspecified atom stereocenters. The highest BCUT2D eigenvalue weighted by molar-refractivity contribution is 9.10. The zero-order chi connectivity index (χ0) is 18.8. The molecule has 1 aromatic heterocycles. The molecule has 3 aromatic rings. The number of carbonyl (C=O) groups excluding carboxylic acids is 1. The van der Waals surface area contributed by atoms with Crippen LogP contribution < -0.4 is 10.9 Å². The molecule has 6 heteroatoms. The standard InChI is InChI=1S/C20H20BrN3O2/c1-12-4-5-15(8-13(12)2)14(3)23-19(25)10-24-11-22-18-7-6-16(21)9-17(18)20(24)26/h4-9,11,14H,10H2,1-3H3,(H,23,25). The molecule has 1 N–H and O–H groups in total. The van der Waals surface area contributed by atoms with E-state index >= 15 is 0 Å². The molecular formula is C20H20BrN3O2. The fourth-order valence-corrected chi connectivity index (χ4v) is 3.16. The van der Waals surface area contributed by atoms with Crippen molar-refractivity contribution < 1.29 is 4.79 Å². The van der Waals surface area contributed by atoms with Crippen molar-refractivity contribution in [2.24, 2.45) is 0 Å². The summed E-state index contributed by atoms with van der Waals surface area (Å²) in [6.45, 7) is 5.97. The van der Waals surface area contributed by atoms with Crippen molar-refractivity contribution in [3.05, 3.63) is 74.2 Å². The van der Waals surface area contributed by atoms with Gasteiger partial charge in [0, 0.05) is 4.47 Å². The fourth-order valence-electron chi connectivity index (χ4n) is 2.80. The summed E-state index contributed by atoms with van der Waals surface area (Å²) in [5.41, 5.74) is 3.81. The Morgan fingerprint density at radius 2 is 1.96 bits per heavy atom.